The van der Waals surface area contributed by atoms with Gasteiger partial charge in [-0.3, -0.25) is 4.79 Å². The van der Waals surface area contributed by atoms with Crippen LogP contribution in [0, 0.1) is 18.8 Å². The highest BCUT2D eigenvalue weighted by Crippen LogP contribution is 2.20. The number of anilines is 1. The summed E-state index contributed by atoms with van der Waals surface area (Å²) in [4.78, 5) is 12.1. The van der Waals surface area contributed by atoms with Crippen molar-refractivity contribution in [3.05, 3.63) is 29.3 Å². The Morgan fingerprint density at radius 3 is 2.68 bits per heavy atom. The van der Waals surface area contributed by atoms with Crippen LogP contribution in [0.25, 0.3) is 0 Å². The highest BCUT2D eigenvalue weighted by atomic mass is 35.5. The van der Waals surface area contributed by atoms with E-state index in [2.05, 4.69) is 36.6 Å². The largest absolute Gasteiger partial charge is 0.326 e. The van der Waals surface area contributed by atoms with Crippen LogP contribution in [0.1, 0.15) is 25.0 Å². The fourth-order valence-corrected chi connectivity index (χ4v) is 2.26. The molecule has 0 aliphatic carbocycles. The molecule has 2 rings (SSSR count). The number of benzene rings is 1. The smallest absolute Gasteiger partial charge is 0.227 e. The van der Waals surface area contributed by atoms with Gasteiger partial charge in [0.15, 0.2) is 0 Å². The standard InChI is InChI=1S/C15H22N2O.ClH/c1-4-12-7-14(6-5-10(12)2)17-15(18)11(3)13-8-16-9-13;/h5-7,11,13,16H,4,8-9H2,1-3H3,(H,17,18);1H. The predicted octanol–water partition coefficient (Wildman–Crippen LogP) is 2.77. The second-order valence-corrected chi connectivity index (χ2v) is 5.19. The number of amides is 1. The fraction of sp³-hybridized carbons (Fsp3) is 0.533. The number of aryl methyl sites for hydroxylation is 2. The first kappa shape index (κ1) is 16.0. The minimum absolute atomic E-state index is 0. The number of carbonyl (C=O) groups excluding carboxylic acids is 1. The number of nitrogens with one attached hydrogen (secondary N) is 2. The third-order valence-corrected chi connectivity index (χ3v) is 3.93. The lowest BCUT2D eigenvalue weighted by atomic mass is 9.88. The highest BCUT2D eigenvalue weighted by molar-refractivity contribution is 5.92. The molecule has 1 aliphatic heterocycles. The van der Waals surface area contributed by atoms with Gasteiger partial charge in [0.05, 0.1) is 0 Å². The van der Waals surface area contributed by atoms with E-state index in [-0.39, 0.29) is 24.2 Å². The summed E-state index contributed by atoms with van der Waals surface area (Å²) in [7, 11) is 0. The first-order chi connectivity index (χ1) is 8.61. The van der Waals surface area contributed by atoms with Crippen molar-refractivity contribution < 1.29 is 4.79 Å². The van der Waals surface area contributed by atoms with E-state index in [1.165, 1.54) is 11.1 Å². The minimum Gasteiger partial charge on any atom is -0.326 e. The van der Waals surface area contributed by atoms with Crippen molar-refractivity contribution in [2.24, 2.45) is 11.8 Å². The zero-order chi connectivity index (χ0) is 13.1. The van der Waals surface area contributed by atoms with Gasteiger partial charge in [-0.15, -0.1) is 12.4 Å². The van der Waals surface area contributed by atoms with Gasteiger partial charge in [-0.25, -0.2) is 0 Å². The van der Waals surface area contributed by atoms with E-state index >= 15 is 0 Å². The van der Waals surface area contributed by atoms with Gasteiger partial charge in [0, 0.05) is 11.6 Å². The Bertz CT molecular complexity index is 444. The molecular formula is C15H23ClN2O. The number of halogens is 1. The second-order valence-electron chi connectivity index (χ2n) is 5.19. The van der Waals surface area contributed by atoms with E-state index in [1.54, 1.807) is 0 Å². The average molecular weight is 283 g/mol. The second kappa shape index (κ2) is 6.92. The van der Waals surface area contributed by atoms with Crippen molar-refractivity contribution in [1.29, 1.82) is 0 Å². The maximum Gasteiger partial charge on any atom is 0.227 e. The van der Waals surface area contributed by atoms with Crippen LogP contribution in [0.2, 0.25) is 0 Å². The van der Waals surface area contributed by atoms with Crippen LogP contribution >= 0.6 is 12.4 Å². The van der Waals surface area contributed by atoms with Crippen LogP contribution in [-0.2, 0) is 11.2 Å². The van der Waals surface area contributed by atoms with Crippen LogP contribution < -0.4 is 10.6 Å². The molecule has 2 N–H and O–H groups in total. The van der Waals surface area contributed by atoms with Crippen LogP contribution in [-0.4, -0.2) is 19.0 Å². The van der Waals surface area contributed by atoms with E-state index in [1.807, 2.05) is 13.0 Å². The Balaban J connectivity index is 0.00000180. The van der Waals surface area contributed by atoms with Crippen molar-refractivity contribution in [2.45, 2.75) is 27.2 Å². The molecule has 1 aromatic rings. The Labute approximate surface area is 121 Å². The summed E-state index contributed by atoms with van der Waals surface area (Å²) in [5.74, 6) is 0.700. The molecule has 1 aromatic carbocycles. The molecule has 0 aromatic heterocycles. The van der Waals surface area contributed by atoms with Gasteiger partial charge < -0.3 is 10.6 Å². The predicted molar refractivity (Wildman–Crippen MR) is 82.0 cm³/mol. The van der Waals surface area contributed by atoms with Crippen LogP contribution in [0.5, 0.6) is 0 Å². The third kappa shape index (κ3) is 3.71. The van der Waals surface area contributed by atoms with Gasteiger partial charge in [0.2, 0.25) is 5.91 Å². The molecule has 1 heterocycles. The van der Waals surface area contributed by atoms with E-state index in [0.29, 0.717) is 5.92 Å². The summed E-state index contributed by atoms with van der Waals surface area (Å²) >= 11 is 0. The summed E-state index contributed by atoms with van der Waals surface area (Å²) in [6.07, 6.45) is 0.998. The number of hydrogen-bond donors (Lipinski definition) is 2. The van der Waals surface area contributed by atoms with Crippen molar-refractivity contribution >= 4 is 24.0 Å². The van der Waals surface area contributed by atoms with Gasteiger partial charge in [-0.05, 0) is 55.6 Å². The number of hydrogen-bond acceptors (Lipinski definition) is 2. The molecule has 1 fully saturated rings. The van der Waals surface area contributed by atoms with E-state index < -0.39 is 0 Å². The molecule has 0 bridgehead atoms. The van der Waals surface area contributed by atoms with Crippen molar-refractivity contribution in [3.63, 3.8) is 0 Å². The zero-order valence-corrected chi connectivity index (χ0v) is 12.6. The van der Waals surface area contributed by atoms with Gasteiger partial charge >= 0.3 is 0 Å². The van der Waals surface area contributed by atoms with Crippen molar-refractivity contribution in [2.75, 3.05) is 18.4 Å². The molecule has 1 atom stereocenters. The Morgan fingerprint density at radius 1 is 1.47 bits per heavy atom. The Kier molecular flexibility index (Phi) is 5.83. The van der Waals surface area contributed by atoms with Crippen LogP contribution in [0.15, 0.2) is 18.2 Å². The van der Waals surface area contributed by atoms with E-state index in [9.17, 15) is 4.79 Å². The van der Waals surface area contributed by atoms with Crippen LogP contribution in [0.3, 0.4) is 0 Å². The summed E-state index contributed by atoms with van der Waals surface area (Å²) in [5, 5.41) is 6.23. The molecule has 1 amide bonds. The molecule has 1 saturated heterocycles. The first-order valence-corrected chi connectivity index (χ1v) is 6.73. The molecule has 0 radical (unpaired) electrons. The van der Waals surface area contributed by atoms with Crippen molar-refractivity contribution in [3.8, 4) is 0 Å². The minimum atomic E-state index is 0. The summed E-state index contributed by atoms with van der Waals surface area (Å²) in [6.45, 7) is 8.17. The number of carbonyl (C=O) groups is 1. The maximum atomic E-state index is 12.1. The normalized spacial score (nSPS) is 16.2. The highest BCUT2D eigenvalue weighted by Gasteiger charge is 2.28. The molecule has 4 heteroatoms. The van der Waals surface area contributed by atoms with Gasteiger partial charge in [-0.1, -0.05) is 19.9 Å². The molecule has 106 valence electrons. The lowest BCUT2D eigenvalue weighted by molar-refractivity contribution is -0.121. The van der Waals surface area contributed by atoms with E-state index in [0.717, 1.165) is 25.2 Å². The maximum absolute atomic E-state index is 12.1. The first-order valence-electron chi connectivity index (χ1n) is 6.73. The Hall–Kier alpha value is -1.06. The monoisotopic (exact) mass is 282 g/mol. The van der Waals surface area contributed by atoms with Gasteiger partial charge in [0.25, 0.3) is 0 Å². The van der Waals surface area contributed by atoms with Crippen molar-refractivity contribution in [1.82, 2.24) is 5.32 Å². The lowest BCUT2D eigenvalue weighted by Gasteiger charge is -2.31. The van der Waals surface area contributed by atoms with E-state index in [4.69, 9.17) is 0 Å². The number of rotatable bonds is 4. The SMILES string of the molecule is CCc1cc(NC(=O)C(C)C2CNC2)ccc1C.Cl. The zero-order valence-electron chi connectivity index (χ0n) is 11.8. The lowest BCUT2D eigenvalue weighted by Crippen LogP contribution is -2.48. The van der Waals surface area contributed by atoms with Gasteiger partial charge in [-0.2, -0.15) is 0 Å². The molecule has 1 unspecified atom stereocenters. The summed E-state index contributed by atoms with van der Waals surface area (Å²) in [6, 6.07) is 6.14. The molecule has 19 heavy (non-hydrogen) atoms. The topological polar surface area (TPSA) is 41.1 Å². The fourth-order valence-electron chi connectivity index (χ4n) is 2.26. The molecule has 3 nitrogen and oxygen atoms in total. The van der Waals surface area contributed by atoms with Crippen LogP contribution in [0.4, 0.5) is 5.69 Å². The quantitative estimate of drug-likeness (QED) is 0.892. The average Bonchev–Trinajstić information content (AvgIpc) is 2.29. The summed E-state index contributed by atoms with van der Waals surface area (Å²) < 4.78 is 0. The molecular weight excluding hydrogens is 260 g/mol. The third-order valence-electron chi connectivity index (χ3n) is 3.93. The molecule has 0 saturated carbocycles. The molecule has 1 aliphatic rings. The van der Waals surface area contributed by atoms with Gasteiger partial charge in [0.1, 0.15) is 0 Å². The Morgan fingerprint density at radius 2 is 2.16 bits per heavy atom. The molecule has 0 spiro atoms. The summed E-state index contributed by atoms with van der Waals surface area (Å²) in [5.41, 5.74) is 3.50.